The van der Waals surface area contributed by atoms with Gasteiger partial charge in [0.15, 0.2) is 0 Å². The predicted molar refractivity (Wildman–Crippen MR) is 69.1 cm³/mol. The normalized spacial score (nSPS) is 31.8. The van der Waals surface area contributed by atoms with Crippen molar-refractivity contribution in [3.8, 4) is 0 Å². The Balaban J connectivity index is 2.33. The fourth-order valence-corrected chi connectivity index (χ4v) is 2.47. The molecule has 3 nitrogen and oxygen atoms in total. The fraction of sp³-hybridized carbons (Fsp3) is 1.00. The van der Waals surface area contributed by atoms with Gasteiger partial charge in [0.25, 0.3) is 0 Å². The van der Waals surface area contributed by atoms with E-state index in [1.54, 1.807) is 6.26 Å². The first-order valence-electron chi connectivity index (χ1n) is 6.06. The average Bonchev–Trinajstić information content (AvgIpc) is 2.21. The van der Waals surface area contributed by atoms with Crippen LogP contribution < -0.4 is 5.32 Å². The van der Waals surface area contributed by atoms with E-state index in [1.807, 2.05) is 13.8 Å². The second kappa shape index (κ2) is 5.61. The van der Waals surface area contributed by atoms with E-state index in [1.165, 1.54) is 0 Å². The number of hydrogen-bond acceptors (Lipinski definition) is 3. The standard InChI is InChI=1S/C12H25NO2S/c1-6-15-11-7-10(12(11,3)4)13-8-9(2)16(5)14/h9-11,13H,6-8H2,1-5H3. The topological polar surface area (TPSA) is 38.3 Å². The molecule has 0 heterocycles. The van der Waals surface area contributed by atoms with Gasteiger partial charge in [-0.25, -0.2) is 0 Å². The molecule has 0 bridgehead atoms. The molecule has 0 aromatic heterocycles. The molecule has 1 saturated carbocycles. The lowest BCUT2D eigenvalue weighted by Gasteiger charge is -2.52. The van der Waals surface area contributed by atoms with Crippen LogP contribution in [-0.2, 0) is 15.5 Å². The maximum absolute atomic E-state index is 11.2. The lowest BCUT2D eigenvalue weighted by Crippen LogP contribution is -2.61. The third kappa shape index (κ3) is 3.05. The first kappa shape index (κ1) is 14.1. The summed E-state index contributed by atoms with van der Waals surface area (Å²) in [6.07, 6.45) is 3.21. The van der Waals surface area contributed by atoms with Gasteiger partial charge in [-0.1, -0.05) is 13.8 Å². The lowest BCUT2D eigenvalue weighted by molar-refractivity contribution is -0.113. The third-order valence-corrected chi connectivity index (χ3v) is 5.06. The van der Waals surface area contributed by atoms with E-state index in [4.69, 9.17) is 4.74 Å². The summed E-state index contributed by atoms with van der Waals surface area (Å²) in [6, 6.07) is 0.495. The zero-order valence-electron chi connectivity index (χ0n) is 11.1. The monoisotopic (exact) mass is 247 g/mol. The smallest absolute Gasteiger partial charge is 0.0655 e. The Bertz CT molecular complexity index is 255. The van der Waals surface area contributed by atoms with E-state index in [2.05, 4.69) is 19.2 Å². The molecule has 1 N–H and O–H groups in total. The summed E-state index contributed by atoms with van der Waals surface area (Å²) in [7, 11) is -0.735. The van der Waals surface area contributed by atoms with E-state index in [9.17, 15) is 4.21 Å². The van der Waals surface area contributed by atoms with Crippen molar-refractivity contribution >= 4 is 10.8 Å². The van der Waals surface area contributed by atoms with Gasteiger partial charge in [-0.15, -0.1) is 0 Å². The van der Waals surface area contributed by atoms with Gasteiger partial charge in [0.1, 0.15) is 0 Å². The Morgan fingerprint density at radius 1 is 1.56 bits per heavy atom. The second-order valence-electron chi connectivity index (χ2n) is 5.27. The Kier molecular flexibility index (Phi) is 4.95. The van der Waals surface area contributed by atoms with Crippen molar-refractivity contribution < 1.29 is 8.95 Å². The van der Waals surface area contributed by atoms with Crippen molar-refractivity contribution in [1.82, 2.24) is 5.32 Å². The summed E-state index contributed by atoms with van der Waals surface area (Å²) < 4.78 is 16.9. The predicted octanol–water partition coefficient (Wildman–Crippen LogP) is 1.55. The zero-order chi connectivity index (χ0) is 12.3. The molecule has 0 aliphatic heterocycles. The largest absolute Gasteiger partial charge is 0.378 e. The van der Waals surface area contributed by atoms with E-state index < -0.39 is 10.8 Å². The summed E-state index contributed by atoms with van der Waals surface area (Å²) in [5.41, 5.74) is 0.199. The van der Waals surface area contributed by atoms with E-state index in [-0.39, 0.29) is 10.7 Å². The Hall–Kier alpha value is 0.0700. The second-order valence-corrected chi connectivity index (χ2v) is 7.07. The average molecular weight is 247 g/mol. The summed E-state index contributed by atoms with van der Waals surface area (Å²) in [5.74, 6) is 0. The molecule has 0 aromatic rings. The van der Waals surface area contributed by atoms with E-state index in [0.29, 0.717) is 12.1 Å². The number of rotatable bonds is 6. The summed E-state index contributed by atoms with van der Waals surface area (Å²) in [6.45, 7) is 10.2. The van der Waals surface area contributed by atoms with Crippen molar-refractivity contribution in [2.45, 2.75) is 51.5 Å². The summed E-state index contributed by atoms with van der Waals surface area (Å²) in [5, 5.41) is 3.73. The number of nitrogens with one attached hydrogen (secondary N) is 1. The minimum absolute atomic E-state index is 0.199. The maximum atomic E-state index is 11.2. The van der Waals surface area contributed by atoms with Crippen LogP contribution in [0.4, 0.5) is 0 Å². The molecule has 0 amide bonds. The van der Waals surface area contributed by atoms with Gasteiger partial charge in [0.05, 0.1) is 6.10 Å². The van der Waals surface area contributed by atoms with Gasteiger partial charge >= 0.3 is 0 Å². The van der Waals surface area contributed by atoms with Gasteiger partial charge in [-0.05, 0) is 20.3 Å². The Labute approximate surface area is 102 Å². The number of ether oxygens (including phenoxy) is 1. The molecule has 96 valence electrons. The summed E-state index contributed by atoms with van der Waals surface area (Å²) >= 11 is 0. The molecule has 4 unspecified atom stereocenters. The SMILES string of the molecule is CCOC1CC(NCC(C)S(C)=O)C1(C)C. The van der Waals surface area contributed by atoms with E-state index in [0.717, 1.165) is 19.6 Å². The van der Waals surface area contributed by atoms with Gasteiger partial charge in [-0.2, -0.15) is 0 Å². The highest BCUT2D eigenvalue weighted by atomic mass is 32.2. The molecular weight excluding hydrogens is 222 g/mol. The molecular formula is C12H25NO2S. The van der Waals surface area contributed by atoms with Crippen molar-refractivity contribution in [2.24, 2.45) is 5.41 Å². The van der Waals surface area contributed by atoms with Crippen molar-refractivity contribution in [3.05, 3.63) is 0 Å². The molecule has 0 spiro atoms. The van der Waals surface area contributed by atoms with Gasteiger partial charge in [-0.3, -0.25) is 4.21 Å². The molecule has 1 aliphatic rings. The van der Waals surface area contributed by atoms with Gasteiger partial charge in [0, 0.05) is 46.9 Å². The van der Waals surface area contributed by atoms with Crippen LogP contribution in [0.15, 0.2) is 0 Å². The molecule has 1 rings (SSSR count). The molecule has 16 heavy (non-hydrogen) atoms. The van der Waals surface area contributed by atoms with Crippen LogP contribution in [0.2, 0.25) is 0 Å². The van der Waals surface area contributed by atoms with Crippen molar-refractivity contribution in [2.75, 3.05) is 19.4 Å². The molecule has 4 atom stereocenters. The highest BCUT2D eigenvalue weighted by Crippen LogP contribution is 2.42. The molecule has 1 fully saturated rings. The van der Waals surface area contributed by atoms with Gasteiger partial charge in [0.2, 0.25) is 0 Å². The van der Waals surface area contributed by atoms with Crippen LogP contribution in [0.25, 0.3) is 0 Å². The third-order valence-electron chi connectivity index (χ3n) is 3.76. The van der Waals surface area contributed by atoms with Crippen LogP contribution in [0.3, 0.4) is 0 Å². The van der Waals surface area contributed by atoms with Gasteiger partial charge < -0.3 is 10.1 Å². The van der Waals surface area contributed by atoms with Crippen LogP contribution >= 0.6 is 0 Å². The lowest BCUT2D eigenvalue weighted by atomic mass is 9.64. The molecule has 1 aliphatic carbocycles. The van der Waals surface area contributed by atoms with Crippen LogP contribution in [0.1, 0.15) is 34.1 Å². The quantitative estimate of drug-likeness (QED) is 0.774. The Morgan fingerprint density at radius 2 is 2.19 bits per heavy atom. The maximum Gasteiger partial charge on any atom is 0.0655 e. The first-order chi connectivity index (χ1) is 7.39. The molecule has 0 radical (unpaired) electrons. The highest BCUT2D eigenvalue weighted by molar-refractivity contribution is 7.84. The fourth-order valence-electron chi connectivity index (χ4n) is 2.14. The van der Waals surface area contributed by atoms with Crippen LogP contribution in [-0.4, -0.2) is 41.0 Å². The molecule has 0 aromatic carbocycles. The Morgan fingerprint density at radius 3 is 2.62 bits per heavy atom. The van der Waals surface area contributed by atoms with Crippen LogP contribution in [0.5, 0.6) is 0 Å². The van der Waals surface area contributed by atoms with Crippen molar-refractivity contribution in [3.63, 3.8) is 0 Å². The molecule has 4 heteroatoms. The highest BCUT2D eigenvalue weighted by Gasteiger charge is 2.48. The van der Waals surface area contributed by atoms with Crippen molar-refractivity contribution in [1.29, 1.82) is 0 Å². The first-order valence-corrected chi connectivity index (χ1v) is 7.69. The summed E-state index contributed by atoms with van der Waals surface area (Å²) in [4.78, 5) is 0. The number of hydrogen-bond donors (Lipinski definition) is 1. The minimum Gasteiger partial charge on any atom is -0.378 e. The zero-order valence-corrected chi connectivity index (χ0v) is 11.9. The van der Waals surface area contributed by atoms with Crippen LogP contribution in [0, 0.1) is 5.41 Å². The van der Waals surface area contributed by atoms with E-state index >= 15 is 0 Å². The minimum atomic E-state index is -0.735. The molecule has 0 saturated heterocycles.